The molecule has 0 fully saturated rings. The minimum atomic E-state index is -3.53. The van der Waals surface area contributed by atoms with Crippen LogP contribution < -0.4 is 10.4 Å². The number of aromatic nitrogens is 1. The zero-order valence-electron chi connectivity index (χ0n) is 17.6. The zero-order valence-corrected chi connectivity index (χ0v) is 19.3. The van der Waals surface area contributed by atoms with Crippen molar-refractivity contribution in [3.05, 3.63) is 63.2 Å². The SMILES string of the molecule is COC1=CC(C)C(c2nc(NP(=O)(OC)c3ccc(C)cc3C)c(C(O)O)s2)C=C1. The molecule has 1 aliphatic rings. The molecule has 1 aromatic carbocycles. The molecule has 0 saturated carbocycles. The number of nitrogens with zero attached hydrogens (tertiary/aromatic N) is 1. The predicted molar refractivity (Wildman–Crippen MR) is 119 cm³/mol. The number of benzene rings is 1. The molecule has 7 nitrogen and oxygen atoms in total. The fourth-order valence-electron chi connectivity index (χ4n) is 3.46. The first-order valence-corrected chi connectivity index (χ1v) is 11.9. The van der Waals surface area contributed by atoms with Crippen LogP contribution in [0.2, 0.25) is 0 Å². The quantitative estimate of drug-likeness (QED) is 0.431. The number of aliphatic hydroxyl groups is 2. The molecule has 30 heavy (non-hydrogen) atoms. The number of thiazole rings is 1. The Labute approximate surface area is 180 Å². The maximum atomic E-state index is 13.6. The van der Waals surface area contributed by atoms with Gasteiger partial charge in [-0.25, -0.2) is 4.98 Å². The number of aryl methyl sites for hydroxylation is 2. The minimum absolute atomic E-state index is 0.0648. The zero-order chi connectivity index (χ0) is 22.1. The van der Waals surface area contributed by atoms with Gasteiger partial charge in [0.25, 0.3) is 0 Å². The average molecular weight is 450 g/mol. The van der Waals surface area contributed by atoms with Crippen LogP contribution in [-0.4, -0.2) is 29.4 Å². The van der Waals surface area contributed by atoms with Crippen molar-refractivity contribution < 1.29 is 24.0 Å². The largest absolute Gasteiger partial charge is 0.497 e. The summed E-state index contributed by atoms with van der Waals surface area (Å²) in [5, 5.41) is 23.9. The number of rotatable bonds is 7. The summed E-state index contributed by atoms with van der Waals surface area (Å²) < 4.78 is 24.3. The van der Waals surface area contributed by atoms with Gasteiger partial charge in [-0.2, -0.15) is 0 Å². The highest BCUT2D eigenvalue weighted by Crippen LogP contribution is 2.48. The van der Waals surface area contributed by atoms with Crippen LogP contribution >= 0.6 is 18.9 Å². The van der Waals surface area contributed by atoms with E-state index < -0.39 is 13.8 Å². The van der Waals surface area contributed by atoms with Crippen molar-refractivity contribution in [3.63, 3.8) is 0 Å². The van der Waals surface area contributed by atoms with Crippen molar-refractivity contribution in [2.24, 2.45) is 5.92 Å². The molecule has 162 valence electrons. The molecule has 0 spiro atoms. The van der Waals surface area contributed by atoms with Crippen LogP contribution in [0.3, 0.4) is 0 Å². The van der Waals surface area contributed by atoms with E-state index in [1.165, 1.54) is 18.4 Å². The standard InChI is InChI=1S/C21H27N2O5PS/c1-12-6-9-17(14(3)10-12)29(26,28-5)23-19-18(21(24)25)30-20(22-19)16-8-7-15(27-4)11-13(16)2/h6-11,13,16,21,24-25H,1-5H3,(H,23,26). The molecule has 3 N–H and O–H groups in total. The molecule has 1 aromatic heterocycles. The summed E-state index contributed by atoms with van der Waals surface area (Å²) in [6.07, 6.45) is 4.07. The maximum Gasteiger partial charge on any atom is 0.325 e. The number of nitrogens with one attached hydrogen (secondary N) is 1. The first kappa shape index (κ1) is 22.7. The fourth-order valence-corrected chi connectivity index (χ4v) is 6.28. The Morgan fingerprint density at radius 2 is 2.00 bits per heavy atom. The molecular weight excluding hydrogens is 423 g/mol. The van der Waals surface area contributed by atoms with E-state index >= 15 is 0 Å². The van der Waals surface area contributed by atoms with Gasteiger partial charge in [0.2, 0.25) is 0 Å². The lowest BCUT2D eigenvalue weighted by Crippen LogP contribution is -2.17. The molecule has 1 heterocycles. The van der Waals surface area contributed by atoms with Gasteiger partial charge in [0, 0.05) is 13.0 Å². The van der Waals surface area contributed by atoms with Crippen molar-refractivity contribution in [2.45, 2.75) is 33.0 Å². The third-order valence-electron chi connectivity index (χ3n) is 5.07. The lowest BCUT2D eigenvalue weighted by Gasteiger charge is -2.21. The Bertz CT molecular complexity index is 1030. The van der Waals surface area contributed by atoms with Crippen LogP contribution in [0.15, 0.2) is 42.2 Å². The van der Waals surface area contributed by atoms with Gasteiger partial charge in [0.1, 0.15) is 15.6 Å². The van der Waals surface area contributed by atoms with Crippen molar-refractivity contribution in [1.82, 2.24) is 4.98 Å². The number of hydrogen-bond acceptors (Lipinski definition) is 7. The first-order valence-electron chi connectivity index (χ1n) is 9.51. The first-order chi connectivity index (χ1) is 14.2. The van der Waals surface area contributed by atoms with Crippen molar-refractivity contribution in [1.29, 1.82) is 0 Å². The number of hydrogen-bond donors (Lipinski definition) is 3. The fraction of sp³-hybridized carbons (Fsp3) is 0.381. The highest BCUT2D eigenvalue weighted by atomic mass is 32.1. The summed E-state index contributed by atoms with van der Waals surface area (Å²) in [4.78, 5) is 4.76. The van der Waals surface area contributed by atoms with E-state index in [1.807, 2.05) is 51.1 Å². The summed E-state index contributed by atoms with van der Waals surface area (Å²) in [5.41, 5.74) is 1.86. The van der Waals surface area contributed by atoms with Crippen LogP contribution in [0.5, 0.6) is 0 Å². The van der Waals surface area contributed by atoms with Crippen molar-refractivity contribution in [2.75, 3.05) is 19.3 Å². The Hall–Kier alpha value is -1.96. The predicted octanol–water partition coefficient (Wildman–Crippen LogP) is 4.14. The van der Waals surface area contributed by atoms with Crippen LogP contribution in [0.1, 0.15) is 40.1 Å². The minimum Gasteiger partial charge on any atom is -0.497 e. The molecule has 0 aliphatic heterocycles. The second-order valence-electron chi connectivity index (χ2n) is 7.29. The second-order valence-corrected chi connectivity index (χ2v) is 10.5. The summed E-state index contributed by atoms with van der Waals surface area (Å²) >= 11 is 1.17. The molecule has 3 rings (SSSR count). The Morgan fingerprint density at radius 1 is 1.27 bits per heavy atom. The Balaban J connectivity index is 1.98. The summed E-state index contributed by atoms with van der Waals surface area (Å²) in [6, 6.07) is 5.54. The highest BCUT2D eigenvalue weighted by Gasteiger charge is 2.32. The molecule has 0 saturated heterocycles. The molecule has 0 radical (unpaired) electrons. The topological polar surface area (TPSA) is 101 Å². The molecule has 0 amide bonds. The van der Waals surface area contributed by atoms with Gasteiger partial charge < -0.3 is 19.5 Å². The monoisotopic (exact) mass is 450 g/mol. The highest BCUT2D eigenvalue weighted by molar-refractivity contribution is 7.68. The maximum absolute atomic E-state index is 13.6. The summed E-state index contributed by atoms with van der Waals surface area (Å²) in [6.45, 7) is 5.85. The van der Waals surface area contributed by atoms with E-state index in [4.69, 9.17) is 9.26 Å². The Kier molecular flexibility index (Phi) is 6.84. The van der Waals surface area contributed by atoms with E-state index in [9.17, 15) is 14.8 Å². The smallest absolute Gasteiger partial charge is 0.325 e. The van der Waals surface area contributed by atoms with Crippen LogP contribution in [-0.2, 0) is 13.8 Å². The van der Waals surface area contributed by atoms with Gasteiger partial charge in [-0.15, -0.1) is 11.3 Å². The van der Waals surface area contributed by atoms with Crippen LogP contribution in [0.25, 0.3) is 0 Å². The van der Waals surface area contributed by atoms with E-state index in [1.54, 1.807) is 13.2 Å². The Morgan fingerprint density at radius 3 is 2.57 bits per heavy atom. The molecular formula is C21H27N2O5PS. The van der Waals surface area contributed by atoms with Gasteiger partial charge in [0.05, 0.1) is 12.4 Å². The number of aliphatic hydroxyl groups excluding tert-OH is 1. The molecule has 3 unspecified atom stereocenters. The third-order valence-corrected chi connectivity index (χ3v) is 8.42. The second kappa shape index (κ2) is 9.04. The number of ether oxygens (including phenoxy) is 1. The van der Waals surface area contributed by atoms with Gasteiger partial charge in [-0.1, -0.05) is 30.7 Å². The normalized spacial score (nSPS) is 20.7. The van der Waals surface area contributed by atoms with Gasteiger partial charge in [-0.3, -0.25) is 9.65 Å². The summed E-state index contributed by atoms with van der Waals surface area (Å²) in [7, 11) is -0.559. The molecule has 0 bridgehead atoms. The van der Waals surface area contributed by atoms with Gasteiger partial charge in [0.15, 0.2) is 12.1 Å². The lowest BCUT2D eigenvalue weighted by atomic mass is 9.90. The van der Waals surface area contributed by atoms with E-state index in [0.29, 0.717) is 10.3 Å². The van der Waals surface area contributed by atoms with E-state index in [0.717, 1.165) is 16.9 Å². The number of allylic oxidation sites excluding steroid dienone is 3. The van der Waals surface area contributed by atoms with Crippen LogP contribution in [0.4, 0.5) is 5.82 Å². The average Bonchev–Trinajstić information content (AvgIpc) is 3.11. The summed E-state index contributed by atoms with van der Waals surface area (Å²) in [5.74, 6) is 0.957. The molecule has 9 heteroatoms. The molecule has 1 aliphatic carbocycles. The van der Waals surface area contributed by atoms with Crippen molar-refractivity contribution >= 4 is 30.0 Å². The van der Waals surface area contributed by atoms with Gasteiger partial charge >= 0.3 is 7.52 Å². The van der Waals surface area contributed by atoms with E-state index in [2.05, 4.69) is 10.1 Å². The number of methoxy groups -OCH3 is 1. The third kappa shape index (κ3) is 4.53. The lowest BCUT2D eigenvalue weighted by molar-refractivity contribution is -0.0391. The van der Waals surface area contributed by atoms with E-state index in [-0.39, 0.29) is 22.5 Å². The van der Waals surface area contributed by atoms with Crippen molar-refractivity contribution in [3.8, 4) is 0 Å². The molecule has 2 aromatic rings. The van der Waals surface area contributed by atoms with Crippen LogP contribution in [0, 0.1) is 19.8 Å². The molecule has 3 atom stereocenters. The number of anilines is 1. The van der Waals surface area contributed by atoms with Gasteiger partial charge in [-0.05, 0) is 43.5 Å².